The summed E-state index contributed by atoms with van der Waals surface area (Å²) in [6.07, 6.45) is -18.8. The Morgan fingerprint density at radius 3 is 1.96 bits per heavy atom. The number of hydrogen-bond donors (Lipinski definition) is 20. The predicted octanol–water partition coefficient (Wildman–Crippen LogP) is 0.785. The van der Waals surface area contributed by atoms with Gasteiger partial charge in [0.15, 0.2) is 23.9 Å². The molecule has 38 heteroatoms. The molecule has 113 heavy (non-hydrogen) atoms. The van der Waals surface area contributed by atoms with E-state index in [4.69, 9.17) is 67.8 Å². The molecule has 2 fully saturated rings. The van der Waals surface area contributed by atoms with Gasteiger partial charge in [-0.15, -0.1) is 0 Å². The van der Waals surface area contributed by atoms with E-state index in [2.05, 4.69) is 47.9 Å². The Labute approximate surface area is 654 Å². The molecule has 0 radical (unpaired) electrons. The third-order valence-electron chi connectivity index (χ3n) is 19.6. The standard InChI is InChI=1S/C75H85Cl2N11O25/c1-29(2)16-42(80-5)67(100)87-58-60(95)32-11-14-46(40(76)18-32)109-48-20-34-21-49(64(48)113-74-65(63(98)62(97)50(28-89)111-74)112-53-26-75(4,79)66(99)30(3)108-53)110-47-15-12-33(19-41(47)77)61(96)59-73(106)86-57(69(102)81-27-52(94)82-35-8-7-9-37(22-35)107-6)39-23-36(90)24-45(92)54(39)38-17-31(10-13-44(38)91)55(70(103)88-59)85-71(104)56(34)84-68(101)43(25-51(78)93)83-72(58)105/h7-15,17-24,29-30,42-43,50,53,55-63,65-66,74,80,89-92,95-99H,16,25-28,79H2,1-6H3,(H2,78,93)(H,81,102)(H,82,94)(H,83,105)(H,84,101)(H,85,104)(H,86,106)(H,87,100)(H,88,103). The molecule has 7 aliphatic rings. The fourth-order valence-corrected chi connectivity index (χ4v) is 14.1. The van der Waals surface area contributed by atoms with Gasteiger partial charge in [0.2, 0.25) is 65.2 Å². The third kappa shape index (κ3) is 18.5. The van der Waals surface area contributed by atoms with E-state index in [1.54, 1.807) is 12.1 Å². The number of phenolic OH excluding ortho intramolecular Hbond substituents is 3. The lowest BCUT2D eigenvalue weighted by molar-refractivity contribution is -0.333. The van der Waals surface area contributed by atoms with Gasteiger partial charge in [-0.2, -0.15) is 0 Å². The first kappa shape index (κ1) is 83.2. The number of amides is 9. The van der Waals surface area contributed by atoms with Gasteiger partial charge in [0, 0.05) is 40.9 Å². The number of nitrogens with one attached hydrogen (secondary N) is 9. The molecule has 11 bridgehead atoms. The van der Waals surface area contributed by atoms with E-state index < -0.39 is 250 Å². The topological polar surface area (TPSA) is 561 Å². The summed E-state index contributed by atoms with van der Waals surface area (Å²) in [5, 5.41) is 127. The average molecular weight is 1610 g/mol. The lowest BCUT2D eigenvalue weighted by Crippen LogP contribution is -2.64. The summed E-state index contributed by atoms with van der Waals surface area (Å²) < 4.78 is 43.8. The van der Waals surface area contributed by atoms with Crippen LogP contribution in [-0.4, -0.2) is 205 Å². The Morgan fingerprint density at radius 1 is 0.708 bits per heavy atom. The molecular formula is C75H85Cl2N11O25. The van der Waals surface area contributed by atoms with Crippen molar-refractivity contribution in [1.29, 1.82) is 0 Å². The van der Waals surface area contributed by atoms with Crippen molar-refractivity contribution in [2.45, 2.75) is 156 Å². The van der Waals surface area contributed by atoms with Crippen LogP contribution in [0.15, 0.2) is 103 Å². The normalized spacial score (nSPS) is 27.4. The van der Waals surface area contributed by atoms with Crippen LogP contribution in [0.25, 0.3) is 11.1 Å². The number of aliphatic hydroxyl groups is 6. The van der Waals surface area contributed by atoms with E-state index in [0.29, 0.717) is 5.75 Å². The monoisotopic (exact) mass is 1610 g/mol. The number of likely N-dealkylation sites (N-methyl/N-ethyl adjacent to an activating group) is 1. The first-order chi connectivity index (χ1) is 53.5. The molecule has 18 atom stereocenters. The first-order valence-corrected chi connectivity index (χ1v) is 36.2. The van der Waals surface area contributed by atoms with Crippen LogP contribution < -0.4 is 78.3 Å². The maximum atomic E-state index is 16.2. The van der Waals surface area contributed by atoms with Gasteiger partial charge in [-0.1, -0.05) is 61.3 Å². The minimum Gasteiger partial charge on any atom is -0.508 e. The second kappa shape index (κ2) is 34.7. The highest BCUT2D eigenvalue weighted by Crippen LogP contribution is 2.50. The van der Waals surface area contributed by atoms with Crippen LogP contribution in [-0.2, 0) is 57.4 Å². The van der Waals surface area contributed by atoms with Crippen molar-refractivity contribution in [2.24, 2.45) is 17.4 Å². The molecule has 2 saturated heterocycles. The Balaban J connectivity index is 1.13. The Morgan fingerprint density at radius 2 is 1.35 bits per heavy atom. The van der Waals surface area contributed by atoms with Gasteiger partial charge in [0.1, 0.15) is 101 Å². The maximum Gasteiger partial charge on any atom is 0.248 e. The second-order valence-corrected chi connectivity index (χ2v) is 29.2. The van der Waals surface area contributed by atoms with Gasteiger partial charge in [-0.25, -0.2) is 0 Å². The highest BCUT2D eigenvalue weighted by atomic mass is 35.5. The van der Waals surface area contributed by atoms with Gasteiger partial charge < -0.3 is 138 Å². The summed E-state index contributed by atoms with van der Waals surface area (Å²) in [5.41, 5.74) is 8.36. The molecule has 0 aromatic heterocycles. The number of aromatic hydroxyl groups is 3. The third-order valence-corrected chi connectivity index (χ3v) is 20.2. The fraction of sp³-hybridized carbons (Fsp3) is 0.400. The average Bonchev–Trinajstić information content (AvgIpc) is 0.767. The summed E-state index contributed by atoms with van der Waals surface area (Å²) in [4.78, 5) is 134. The molecule has 0 spiro atoms. The summed E-state index contributed by atoms with van der Waals surface area (Å²) in [5.74, 6) is -16.0. The van der Waals surface area contributed by atoms with Gasteiger partial charge >= 0.3 is 0 Å². The van der Waals surface area contributed by atoms with Crippen molar-refractivity contribution in [3.8, 4) is 62.9 Å². The van der Waals surface area contributed by atoms with Crippen molar-refractivity contribution in [3.63, 3.8) is 0 Å². The quantitative estimate of drug-likeness (QED) is 0.0600. The minimum absolute atomic E-state index is 0.109. The number of rotatable bonds is 17. The van der Waals surface area contributed by atoms with E-state index in [0.717, 1.165) is 66.7 Å². The van der Waals surface area contributed by atoms with Crippen molar-refractivity contribution >= 4 is 82.1 Å². The number of phenols is 3. The van der Waals surface area contributed by atoms with Crippen molar-refractivity contribution < 1.29 is 122 Å². The van der Waals surface area contributed by atoms with Crippen LogP contribution in [0.3, 0.4) is 0 Å². The molecule has 18 unspecified atom stereocenters. The lowest BCUT2D eigenvalue weighted by Gasteiger charge is -2.47. The zero-order chi connectivity index (χ0) is 81.9. The number of carbonyl (C=O) groups excluding carboxylic acids is 9. The number of aliphatic hydroxyl groups excluding tert-OH is 6. The fourth-order valence-electron chi connectivity index (χ4n) is 13.7. The number of nitrogens with two attached hydrogens (primary N) is 2. The van der Waals surface area contributed by atoms with Crippen molar-refractivity contribution in [3.05, 3.63) is 141 Å². The highest BCUT2D eigenvalue weighted by Gasteiger charge is 2.52. The predicted molar refractivity (Wildman–Crippen MR) is 396 cm³/mol. The Kier molecular flexibility index (Phi) is 25.6. The minimum atomic E-state index is -2.37. The van der Waals surface area contributed by atoms with E-state index in [9.17, 15) is 69.9 Å². The van der Waals surface area contributed by atoms with Gasteiger partial charge in [-0.05, 0) is 128 Å². The van der Waals surface area contributed by atoms with Crippen LogP contribution in [0.4, 0.5) is 5.69 Å². The molecule has 7 aliphatic heterocycles. The Hall–Kier alpha value is -10.7. The number of fused-ring (bicyclic) bond motifs is 15. The molecule has 22 N–H and O–H groups in total. The summed E-state index contributed by atoms with van der Waals surface area (Å²) in [7, 11) is 2.87. The number of anilines is 1. The van der Waals surface area contributed by atoms with Crippen LogP contribution in [0.5, 0.6) is 51.7 Å². The van der Waals surface area contributed by atoms with Crippen LogP contribution >= 0.6 is 23.2 Å². The molecule has 13 rings (SSSR count). The molecule has 0 saturated carbocycles. The van der Waals surface area contributed by atoms with E-state index in [1.807, 2.05) is 13.8 Å². The molecule has 6 aromatic rings. The number of benzene rings is 6. The number of methoxy groups -OCH3 is 1. The van der Waals surface area contributed by atoms with Crippen LogP contribution in [0, 0.1) is 5.92 Å². The zero-order valence-electron chi connectivity index (χ0n) is 61.2. The summed E-state index contributed by atoms with van der Waals surface area (Å²) in [6, 6.07) is 5.61. The van der Waals surface area contributed by atoms with Gasteiger partial charge in [-0.3, -0.25) is 43.2 Å². The molecule has 9 amide bonds. The molecule has 6 aromatic carbocycles. The van der Waals surface area contributed by atoms with Crippen molar-refractivity contribution in [1.82, 2.24) is 42.5 Å². The second-order valence-electron chi connectivity index (χ2n) is 28.4. The van der Waals surface area contributed by atoms with Gasteiger partial charge in [0.25, 0.3) is 0 Å². The largest absolute Gasteiger partial charge is 0.508 e. The summed E-state index contributed by atoms with van der Waals surface area (Å²) >= 11 is 14.3. The number of carbonyl (C=O) groups is 9. The number of halogens is 2. The molecule has 0 aliphatic carbocycles. The number of ether oxygens (including phenoxy) is 7. The first-order valence-electron chi connectivity index (χ1n) is 35.5. The Bertz CT molecular complexity index is 4670. The smallest absolute Gasteiger partial charge is 0.248 e. The van der Waals surface area contributed by atoms with E-state index >= 15 is 19.2 Å². The molecule has 7 heterocycles. The molecule has 36 nitrogen and oxygen atoms in total. The summed E-state index contributed by atoms with van der Waals surface area (Å²) in [6.45, 7) is 4.83. The van der Waals surface area contributed by atoms with E-state index in [-0.39, 0.29) is 51.9 Å². The maximum absolute atomic E-state index is 16.2. The highest BCUT2D eigenvalue weighted by molar-refractivity contribution is 6.32. The number of hydrogen-bond acceptors (Lipinski definition) is 27. The lowest BCUT2D eigenvalue weighted by atomic mass is 9.86. The van der Waals surface area contributed by atoms with Crippen LogP contribution in [0.2, 0.25) is 10.0 Å². The van der Waals surface area contributed by atoms with Crippen LogP contribution in [0.1, 0.15) is 105 Å². The SMILES string of the molecule is CNC(CC(C)C)C(=O)NC1C(=O)NC(CC(N)=O)C(=O)NC2C(=O)NC3C(=O)NC(C(=O)NC(C(=O)NCC(=O)Nc4cccc(OC)c4)c4cc(O)cc(O)c4-c4cc3ccc4O)C(O)c3ccc(c(Cl)c3)Oc3cc2cc(c3OC2OC(CO)C(O)C(O)C2OC2CC(C)(N)C(O)C(C)O2)Oc2ccc(cc2Cl)C1O. The molecular weight excluding hydrogens is 1530 g/mol. The van der Waals surface area contributed by atoms with Crippen molar-refractivity contribution in [2.75, 3.05) is 32.6 Å². The zero-order valence-corrected chi connectivity index (χ0v) is 62.7. The van der Waals surface area contributed by atoms with Gasteiger partial charge in [0.05, 0.1) is 55.0 Å². The number of primary amides is 1. The van der Waals surface area contributed by atoms with E-state index in [1.165, 1.54) is 52.3 Å². The molecule has 604 valence electrons.